The van der Waals surface area contributed by atoms with Crippen LogP contribution in [0.3, 0.4) is 0 Å². The van der Waals surface area contributed by atoms with Crippen LogP contribution in [-0.2, 0) is 0 Å². The third-order valence-electron chi connectivity index (χ3n) is 2.73. The number of rotatable bonds is 3. The normalized spacial score (nSPS) is 10.8. The lowest BCUT2D eigenvalue weighted by Gasteiger charge is -2.11. The quantitative estimate of drug-likeness (QED) is 0.742. The second kappa shape index (κ2) is 5.30. The molecule has 100 valence electrons. The van der Waals surface area contributed by atoms with Crippen LogP contribution in [0.15, 0.2) is 36.4 Å². The average Bonchev–Trinajstić information content (AvgIpc) is 2.41. The molecule has 0 aromatic heterocycles. The molecular weight excluding hydrogens is 260 g/mol. The van der Waals surface area contributed by atoms with E-state index < -0.39 is 18.1 Å². The summed E-state index contributed by atoms with van der Waals surface area (Å²) in [5.74, 6) is -2.07. The first-order valence-corrected chi connectivity index (χ1v) is 5.45. The Kier molecular flexibility index (Phi) is 3.74. The Labute approximate surface area is 107 Å². The average molecular weight is 270 g/mol. The number of halogens is 4. The first kappa shape index (κ1) is 13.4. The fourth-order valence-electron chi connectivity index (χ4n) is 1.79. The van der Waals surface area contributed by atoms with Crippen molar-refractivity contribution >= 4 is 0 Å². The van der Waals surface area contributed by atoms with E-state index >= 15 is 0 Å². The molecule has 0 aliphatic carbocycles. The summed E-state index contributed by atoms with van der Waals surface area (Å²) in [7, 11) is 1.24. The fourth-order valence-corrected chi connectivity index (χ4v) is 1.79. The summed E-state index contributed by atoms with van der Waals surface area (Å²) >= 11 is 0. The Morgan fingerprint density at radius 2 is 1.79 bits per heavy atom. The van der Waals surface area contributed by atoms with Gasteiger partial charge in [-0.05, 0) is 23.8 Å². The highest BCUT2D eigenvalue weighted by atomic mass is 19.3. The summed E-state index contributed by atoms with van der Waals surface area (Å²) in [6.07, 6.45) is -2.69. The summed E-state index contributed by atoms with van der Waals surface area (Å²) in [6.45, 7) is 0. The van der Waals surface area contributed by atoms with Crippen molar-refractivity contribution in [1.29, 1.82) is 0 Å². The standard InChI is InChI=1S/C14H10F4O/c1-19-12-7-8(5-6-10(12)14(17)18)9-3-2-4-11(15)13(9)16/h2-7,14H,1H3. The summed E-state index contributed by atoms with van der Waals surface area (Å²) in [5.41, 5.74) is -0.0135. The van der Waals surface area contributed by atoms with Crippen molar-refractivity contribution in [3.05, 3.63) is 53.6 Å². The van der Waals surface area contributed by atoms with E-state index in [1.54, 1.807) is 0 Å². The molecule has 0 fully saturated rings. The molecule has 0 atom stereocenters. The number of methoxy groups -OCH3 is 1. The number of ether oxygens (including phenoxy) is 1. The first-order valence-electron chi connectivity index (χ1n) is 5.45. The van der Waals surface area contributed by atoms with Gasteiger partial charge in [-0.3, -0.25) is 0 Å². The zero-order chi connectivity index (χ0) is 14.0. The molecule has 2 aromatic rings. The van der Waals surface area contributed by atoms with Gasteiger partial charge in [0.15, 0.2) is 11.6 Å². The number of alkyl halides is 2. The van der Waals surface area contributed by atoms with E-state index in [4.69, 9.17) is 4.74 Å². The van der Waals surface area contributed by atoms with Gasteiger partial charge in [-0.1, -0.05) is 18.2 Å². The van der Waals surface area contributed by atoms with Gasteiger partial charge in [0.05, 0.1) is 12.7 Å². The molecule has 1 nitrogen and oxygen atoms in total. The van der Waals surface area contributed by atoms with E-state index in [9.17, 15) is 17.6 Å². The van der Waals surface area contributed by atoms with Gasteiger partial charge < -0.3 is 4.74 Å². The second-order valence-electron chi connectivity index (χ2n) is 3.86. The molecule has 0 spiro atoms. The van der Waals surface area contributed by atoms with Crippen molar-refractivity contribution in [2.45, 2.75) is 6.43 Å². The van der Waals surface area contributed by atoms with Gasteiger partial charge in [0, 0.05) is 5.56 Å². The van der Waals surface area contributed by atoms with Crippen LogP contribution < -0.4 is 4.74 Å². The summed E-state index contributed by atoms with van der Waals surface area (Å²) in [6, 6.07) is 7.42. The van der Waals surface area contributed by atoms with E-state index in [2.05, 4.69) is 0 Å². The lowest BCUT2D eigenvalue weighted by molar-refractivity contribution is 0.147. The highest BCUT2D eigenvalue weighted by Gasteiger charge is 2.16. The van der Waals surface area contributed by atoms with Crippen molar-refractivity contribution in [2.24, 2.45) is 0 Å². The van der Waals surface area contributed by atoms with Crippen LogP contribution in [0.1, 0.15) is 12.0 Å². The van der Waals surface area contributed by atoms with Crippen molar-refractivity contribution < 1.29 is 22.3 Å². The maximum absolute atomic E-state index is 13.6. The fraction of sp³-hybridized carbons (Fsp3) is 0.143. The van der Waals surface area contributed by atoms with E-state index in [0.717, 1.165) is 12.1 Å². The molecule has 2 rings (SSSR count). The molecule has 0 unspecified atom stereocenters. The van der Waals surface area contributed by atoms with Crippen molar-refractivity contribution in [3.8, 4) is 16.9 Å². The van der Waals surface area contributed by atoms with Crippen LogP contribution in [-0.4, -0.2) is 7.11 Å². The van der Waals surface area contributed by atoms with E-state index in [-0.39, 0.29) is 22.4 Å². The van der Waals surface area contributed by atoms with Crippen molar-refractivity contribution in [1.82, 2.24) is 0 Å². The maximum atomic E-state index is 13.6. The summed E-state index contributed by atoms with van der Waals surface area (Å²) in [4.78, 5) is 0. The van der Waals surface area contributed by atoms with Crippen LogP contribution in [0.2, 0.25) is 0 Å². The topological polar surface area (TPSA) is 9.23 Å². The zero-order valence-electron chi connectivity index (χ0n) is 9.96. The Balaban J connectivity index is 2.55. The van der Waals surface area contributed by atoms with Crippen molar-refractivity contribution in [2.75, 3.05) is 7.11 Å². The molecule has 0 saturated carbocycles. The predicted molar refractivity (Wildman–Crippen MR) is 63.3 cm³/mol. The Hall–Kier alpha value is -2.04. The second-order valence-corrected chi connectivity index (χ2v) is 3.86. The molecule has 0 saturated heterocycles. The number of benzene rings is 2. The molecule has 19 heavy (non-hydrogen) atoms. The Morgan fingerprint density at radius 3 is 2.42 bits per heavy atom. The Morgan fingerprint density at radius 1 is 1.05 bits per heavy atom. The minimum atomic E-state index is -2.69. The van der Waals surface area contributed by atoms with Crippen molar-refractivity contribution in [3.63, 3.8) is 0 Å². The molecule has 0 radical (unpaired) electrons. The van der Waals surface area contributed by atoms with E-state index in [1.165, 1.54) is 31.4 Å². The van der Waals surface area contributed by atoms with Crippen LogP contribution in [0.4, 0.5) is 17.6 Å². The van der Waals surface area contributed by atoms with Gasteiger partial charge in [-0.25, -0.2) is 17.6 Å². The van der Waals surface area contributed by atoms with Crippen LogP contribution in [0.25, 0.3) is 11.1 Å². The molecule has 2 aromatic carbocycles. The van der Waals surface area contributed by atoms with Gasteiger partial charge in [0.2, 0.25) is 0 Å². The minimum absolute atomic E-state index is 0.000818. The molecular formula is C14H10F4O. The highest BCUT2D eigenvalue weighted by Crippen LogP contribution is 2.34. The molecule has 0 N–H and O–H groups in total. The highest BCUT2D eigenvalue weighted by molar-refractivity contribution is 5.67. The third kappa shape index (κ3) is 2.54. The molecule has 0 heterocycles. The molecule has 0 aliphatic heterocycles. The number of hydrogen-bond donors (Lipinski definition) is 0. The third-order valence-corrected chi connectivity index (χ3v) is 2.73. The SMILES string of the molecule is COc1cc(-c2cccc(F)c2F)ccc1C(F)F. The zero-order valence-corrected chi connectivity index (χ0v) is 9.96. The first-order chi connectivity index (χ1) is 9.04. The molecule has 0 amide bonds. The van der Waals surface area contributed by atoms with Crippen LogP contribution in [0, 0.1) is 11.6 Å². The van der Waals surface area contributed by atoms with Gasteiger partial charge in [0.1, 0.15) is 5.75 Å². The molecule has 5 heteroatoms. The van der Waals surface area contributed by atoms with Gasteiger partial charge in [-0.15, -0.1) is 0 Å². The number of hydrogen-bond acceptors (Lipinski definition) is 1. The summed E-state index contributed by atoms with van der Waals surface area (Å²) in [5, 5.41) is 0. The van der Waals surface area contributed by atoms with Crippen LogP contribution in [0.5, 0.6) is 5.75 Å². The summed E-state index contributed by atoms with van der Waals surface area (Å²) < 4.78 is 56.9. The monoisotopic (exact) mass is 270 g/mol. The minimum Gasteiger partial charge on any atom is -0.496 e. The Bertz CT molecular complexity index is 596. The van der Waals surface area contributed by atoms with E-state index in [1.807, 2.05) is 0 Å². The van der Waals surface area contributed by atoms with Gasteiger partial charge >= 0.3 is 0 Å². The maximum Gasteiger partial charge on any atom is 0.267 e. The lowest BCUT2D eigenvalue weighted by atomic mass is 10.0. The largest absolute Gasteiger partial charge is 0.496 e. The molecule has 0 bridgehead atoms. The van der Waals surface area contributed by atoms with E-state index in [0.29, 0.717) is 0 Å². The lowest BCUT2D eigenvalue weighted by Crippen LogP contribution is -1.95. The van der Waals surface area contributed by atoms with Crippen LogP contribution >= 0.6 is 0 Å². The van der Waals surface area contributed by atoms with Gasteiger partial charge in [0.25, 0.3) is 6.43 Å². The smallest absolute Gasteiger partial charge is 0.267 e. The molecule has 0 aliphatic rings. The van der Waals surface area contributed by atoms with Gasteiger partial charge in [-0.2, -0.15) is 0 Å². The predicted octanol–water partition coefficient (Wildman–Crippen LogP) is 4.58.